The zero-order valence-corrected chi connectivity index (χ0v) is 17.2. The summed E-state index contributed by atoms with van der Waals surface area (Å²) in [6.07, 6.45) is 2.92. The van der Waals surface area contributed by atoms with E-state index in [1.165, 1.54) is 11.1 Å². The summed E-state index contributed by atoms with van der Waals surface area (Å²) in [5.74, 6) is -0.326. The number of carbonyl (C=O) groups is 1. The van der Waals surface area contributed by atoms with Crippen LogP contribution in [0.5, 0.6) is 0 Å². The number of carbonyl (C=O) groups excluding carboxylic acids is 1. The van der Waals surface area contributed by atoms with Crippen molar-refractivity contribution in [2.45, 2.75) is 46.2 Å². The molecule has 0 aliphatic carbocycles. The summed E-state index contributed by atoms with van der Waals surface area (Å²) in [7, 11) is -3.60. The van der Waals surface area contributed by atoms with Crippen molar-refractivity contribution in [3.8, 4) is 0 Å². The number of benzene rings is 2. The fourth-order valence-electron chi connectivity index (χ4n) is 3.12. The Morgan fingerprint density at radius 2 is 1.70 bits per heavy atom. The molecule has 0 heterocycles. The predicted molar refractivity (Wildman–Crippen MR) is 110 cm³/mol. The van der Waals surface area contributed by atoms with E-state index < -0.39 is 16.1 Å². The highest BCUT2D eigenvalue weighted by atomic mass is 32.2. The lowest BCUT2D eigenvalue weighted by Crippen LogP contribution is -2.47. The molecule has 1 unspecified atom stereocenters. The molecule has 0 bridgehead atoms. The van der Waals surface area contributed by atoms with Gasteiger partial charge >= 0.3 is 0 Å². The molecule has 1 N–H and O–H groups in total. The normalized spacial score (nSPS) is 12.4. The van der Waals surface area contributed by atoms with E-state index in [9.17, 15) is 13.2 Å². The molecule has 0 aromatic heterocycles. The van der Waals surface area contributed by atoms with Gasteiger partial charge in [-0.15, -0.1) is 0 Å². The SMILES string of the molecule is CCc1ccc(CC)c(CNC(=O)C(C)N(c2ccccc2)S(C)(=O)=O)c1. The molecule has 146 valence electrons. The number of sulfonamides is 1. The van der Waals surface area contributed by atoms with Gasteiger partial charge in [0.25, 0.3) is 0 Å². The minimum atomic E-state index is -3.60. The second-order valence-corrected chi connectivity index (χ2v) is 8.46. The van der Waals surface area contributed by atoms with Crippen molar-refractivity contribution in [1.29, 1.82) is 0 Å². The Bertz CT molecular complexity index is 880. The first-order chi connectivity index (χ1) is 12.8. The number of nitrogens with zero attached hydrogens (tertiary/aromatic N) is 1. The van der Waals surface area contributed by atoms with Gasteiger partial charge in [-0.05, 0) is 48.6 Å². The van der Waals surface area contributed by atoms with Crippen LogP contribution in [0, 0.1) is 0 Å². The van der Waals surface area contributed by atoms with Crippen LogP contribution in [0.1, 0.15) is 37.5 Å². The highest BCUT2D eigenvalue weighted by Gasteiger charge is 2.28. The summed E-state index contributed by atoms with van der Waals surface area (Å²) in [5, 5.41) is 2.90. The van der Waals surface area contributed by atoms with Crippen LogP contribution in [0.2, 0.25) is 0 Å². The molecule has 6 heteroatoms. The summed E-state index contributed by atoms with van der Waals surface area (Å²) < 4.78 is 25.7. The van der Waals surface area contributed by atoms with E-state index in [1.807, 2.05) is 6.07 Å². The van der Waals surface area contributed by atoms with Crippen molar-refractivity contribution in [3.05, 3.63) is 65.2 Å². The van der Waals surface area contributed by atoms with Crippen LogP contribution < -0.4 is 9.62 Å². The molecule has 0 saturated carbocycles. The van der Waals surface area contributed by atoms with E-state index in [2.05, 4.69) is 37.4 Å². The van der Waals surface area contributed by atoms with Crippen molar-refractivity contribution < 1.29 is 13.2 Å². The van der Waals surface area contributed by atoms with Crippen molar-refractivity contribution >= 4 is 21.6 Å². The molecule has 0 fully saturated rings. The van der Waals surface area contributed by atoms with E-state index in [0.29, 0.717) is 12.2 Å². The zero-order valence-electron chi connectivity index (χ0n) is 16.4. The molecular formula is C21H28N2O3S. The van der Waals surface area contributed by atoms with Gasteiger partial charge in [0.1, 0.15) is 6.04 Å². The smallest absolute Gasteiger partial charge is 0.243 e. The lowest BCUT2D eigenvalue weighted by Gasteiger charge is -2.28. The Hall–Kier alpha value is -2.34. The molecule has 0 aliphatic rings. The van der Waals surface area contributed by atoms with Gasteiger partial charge in [-0.25, -0.2) is 8.42 Å². The number of hydrogen-bond donors (Lipinski definition) is 1. The average molecular weight is 389 g/mol. The highest BCUT2D eigenvalue weighted by Crippen LogP contribution is 2.20. The van der Waals surface area contributed by atoms with E-state index in [4.69, 9.17) is 0 Å². The lowest BCUT2D eigenvalue weighted by atomic mass is 10.0. The van der Waals surface area contributed by atoms with Gasteiger partial charge in [0.15, 0.2) is 0 Å². The van der Waals surface area contributed by atoms with Crippen LogP contribution in [0.25, 0.3) is 0 Å². The van der Waals surface area contributed by atoms with Gasteiger partial charge < -0.3 is 5.32 Å². The Morgan fingerprint density at radius 3 is 2.26 bits per heavy atom. The monoisotopic (exact) mass is 388 g/mol. The van der Waals surface area contributed by atoms with Gasteiger partial charge in [-0.3, -0.25) is 9.10 Å². The summed E-state index contributed by atoms with van der Waals surface area (Å²) in [5.41, 5.74) is 3.95. The van der Waals surface area contributed by atoms with Crippen LogP contribution in [-0.4, -0.2) is 26.6 Å². The number of aryl methyl sites for hydroxylation is 2. The van der Waals surface area contributed by atoms with Crippen molar-refractivity contribution in [2.24, 2.45) is 0 Å². The number of anilines is 1. The van der Waals surface area contributed by atoms with Crippen molar-refractivity contribution in [3.63, 3.8) is 0 Å². The molecule has 0 radical (unpaired) electrons. The van der Waals surface area contributed by atoms with Gasteiger partial charge in [-0.1, -0.05) is 50.2 Å². The quantitative estimate of drug-likeness (QED) is 0.755. The van der Waals surface area contributed by atoms with Crippen LogP contribution in [0.4, 0.5) is 5.69 Å². The van der Waals surface area contributed by atoms with Gasteiger partial charge in [0.05, 0.1) is 11.9 Å². The average Bonchev–Trinajstić information content (AvgIpc) is 2.65. The maximum absolute atomic E-state index is 12.7. The first kappa shape index (κ1) is 21.0. The number of amides is 1. The third kappa shape index (κ3) is 5.32. The van der Waals surface area contributed by atoms with E-state index in [0.717, 1.165) is 29.0 Å². The summed E-state index contributed by atoms with van der Waals surface area (Å²) in [6, 6.07) is 14.1. The first-order valence-corrected chi connectivity index (χ1v) is 11.1. The molecule has 27 heavy (non-hydrogen) atoms. The third-order valence-corrected chi connectivity index (χ3v) is 5.85. The van der Waals surface area contributed by atoms with Crippen molar-refractivity contribution in [2.75, 3.05) is 10.6 Å². The minimum Gasteiger partial charge on any atom is -0.350 e. The second kappa shape index (κ2) is 9.04. The number of rotatable bonds is 8. The molecule has 5 nitrogen and oxygen atoms in total. The van der Waals surface area contributed by atoms with Gasteiger partial charge in [0.2, 0.25) is 15.9 Å². The standard InChI is InChI=1S/C21H28N2O3S/c1-5-17-12-13-18(6-2)19(14-17)15-22-21(24)16(3)23(27(4,25)26)20-10-8-7-9-11-20/h7-14,16H,5-6,15H2,1-4H3,(H,22,24). The molecule has 2 aromatic rings. The fourth-order valence-corrected chi connectivity index (χ4v) is 4.30. The van der Waals surface area contributed by atoms with Crippen LogP contribution in [0.15, 0.2) is 48.5 Å². The molecule has 1 amide bonds. The Kier molecular flexibility index (Phi) is 7.02. The topological polar surface area (TPSA) is 66.5 Å². The summed E-state index contributed by atoms with van der Waals surface area (Å²) in [6.45, 7) is 6.16. The van der Waals surface area contributed by atoms with Gasteiger partial charge in [0, 0.05) is 6.54 Å². The second-order valence-electron chi connectivity index (χ2n) is 6.60. The third-order valence-electron chi connectivity index (χ3n) is 4.61. The zero-order chi connectivity index (χ0) is 20.0. The Labute approximate surface area is 162 Å². The highest BCUT2D eigenvalue weighted by molar-refractivity contribution is 7.92. The molecule has 0 saturated heterocycles. The molecule has 2 rings (SSSR count). The summed E-state index contributed by atoms with van der Waals surface area (Å²) in [4.78, 5) is 12.7. The lowest BCUT2D eigenvalue weighted by molar-refractivity contribution is -0.122. The molecule has 0 aliphatic heterocycles. The van der Waals surface area contributed by atoms with Crippen LogP contribution in [0.3, 0.4) is 0 Å². The van der Waals surface area contributed by atoms with Crippen LogP contribution in [-0.2, 0) is 34.2 Å². The molecular weight excluding hydrogens is 360 g/mol. The molecule has 1 atom stereocenters. The maximum atomic E-state index is 12.7. The maximum Gasteiger partial charge on any atom is 0.243 e. The predicted octanol–water partition coefficient (Wildman–Crippen LogP) is 3.28. The van der Waals surface area contributed by atoms with E-state index in [1.54, 1.807) is 31.2 Å². The van der Waals surface area contributed by atoms with E-state index in [-0.39, 0.29) is 5.91 Å². The molecule has 2 aromatic carbocycles. The molecule has 0 spiro atoms. The van der Waals surface area contributed by atoms with Crippen LogP contribution >= 0.6 is 0 Å². The van der Waals surface area contributed by atoms with Crippen molar-refractivity contribution in [1.82, 2.24) is 5.32 Å². The number of nitrogens with one attached hydrogen (secondary N) is 1. The van der Waals surface area contributed by atoms with Gasteiger partial charge in [-0.2, -0.15) is 0 Å². The minimum absolute atomic E-state index is 0.326. The van der Waals surface area contributed by atoms with E-state index >= 15 is 0 Å². The first-order valence-electron chi connectivity index (χ1n) is 9.20. The number of para-hydroxylation sites is 1. The number of hydrogen-bond acceptors (Lipinski definition) is 3. The largest absolute Gasteiger partial charge is 0.350 e. The Morgan fingerprint density at radius 1 is 1.04 bits per heavy atom. The fraction of sp³-hybridized carbons (Fsp3) is 0.381. The summed E-state index contributed by atoms with van der Waals surface area (Å²) >= 11 is 0. The Balaban J connectivity index is 2.19.